The number of carbonyl (C=O) groups excluding carboxylic acids is 1. The number of anilines is 1. The molecular formula is C37H43N3O6S. The third-order valence-electron chi connectivity index (χ3n) is 8.54. The van der Waals surface area contributed by atoms with Crippen LogP contribution in [0, 0.1) is 5.92 Å². The van der Waals surface area contributed by atoms with Crippen molar-refractivity contribution in [2.75, 3.05) is 38.6 Å². The van der Waals surface area contributed by atoms with E-state index in [1.54, 1.807) is 35.2 Å². The summed E-state index contributed by atoms with van der Waals surface area (Å²) >= 11 is 0. The van der Waals surface area contributed by atoms with Crippen molar-refractivity contribution in [1.82, 2.24) is 9.80 Å². The molecule has 1 amide bonds. The first kappa shape index (κ1) is 34.0. The lowest BCUT2D eigenvalue weighted by Crippen LogP contribution is -2.47. The van der Waals surface area contributed by atoms with E-state index in [0.717, 1.165) is 5.56 Å². The second-order valence-electron chi connectivity index (χ2n) is 12.3. The predicted octanol–water partition coefficient (Wildman–Crippen LogP) is 5.44. The average Bonchev–Trinajstić information content (AvgIpc) is 3.12. The number of methoxy groups -OCH3 is 1. The molecule has 0 unspecified atom stereocenters. The number of aliphatic hydroxyl groups excluding tert-OH is 1. The summed E-state index contributed by atoms with van der Waals surface area (Å²) in [6.07, 6.45) is -0.288. The summed E-state index contributed by atoms with van der Waals surface area (Å²) in [5.41, 5.74) is 4.39. The first-order chi connectivity index (χ1) is 22.6. The molecule has 0 bridgehead atoms. The summed E-state index contributed by atoms with van der Waals surface area (Å²) < 4.78 is 40.7. The number of amides is 1. The molecule has 0 saturated carbocycles. The normalized spacial score (nSPS) is 17.6. The summed E-state index contributed by atoms with van der Waals surface area (Å²) in [7, 11) is -0.333. The maximum absolute atomic E-state index is 13.6. The first-order valence-corrected chi connectivity index (χ1v) is 17.2. The Morgan fingerprint density at radius 1 is 1.00 bits per heavy atom. The molecule has 2 N–H and O–H groups in total. The van der Waals surface area contributed by atoms with Gasteiger partial charge in [-0.25, -0.2) is 8.42 Å². The molecule has 5 rings (SSSR count). The Labute approximate surface area is 277 Å². The number of rotatable bonds is 11. The van der Waals surface area contributed by atoms with E-state index in [1.165, 1.54) is 30.4 Å². The highest BCUT2D eigenvalue weighted by atomic mass is 32.2. The van der Waals surface area contributed by atoms with Crippen molar-refractivity contribution in [2.24, 2.45) is 5.92 Å². The van der Waals surface area contributed by atoms with Gasteiger partial charge in [0.2, 0.25) is 5.91 Å². The van der Waals surface area contributed by atoms with Crippen LogP contribution in [-0.2, 0) is 27.8 Å². The SMILES string of the molecule is COc1ccc(S(=O)(=O)Nc2ccc3c(c2)CC(=O)N([C@@H](C)CO)C[C@@H](C)[C@@H](CN(C)Cc2ccc(-c4ccccc4)cc2)O3)cc1. The summed E-state index contributed by atoms with van der Waals surface area (Å²) in [5.74, 6) is 0.858. The van der Waals surface area contributed by atoms with Crippen LogP contribution in [0.25, 0.3) is 11.1 Å². The highest BCUT2D eigenvalue weighted by Gasteiger charge is 2.31. The number of hydrogen-bond donors (Lipinski definition) is 2. The lowest BCUT2D eigenvalue weighted by Gasteiger charge is -2.34. The molecule has 0 spiro atoms. The van der Waals surface area contributed by atoms with Crippen LogP contribution in [0.15, 0.2) is 102 Å². The van der Waals surface area contributed by atoms with Crippen LogP contribution in [-0.4, -0.2) is 75.2 Å². The minimum Gasteiger partial charge on any atom is -0.497 e. The molecule has 4 aromatic rings. The highest BCUT2D eigenvalue weighted by molar-refractivity contribution is 7.92. The Kier molecular flexibility index (Phi) is 10.9. The van der Waals surface area contributed by atoms with Crippen LogP contribution in [0.3, 0.4) is 0 Å². The second kappa shape index (κ2) is 15.0. The average molecular weight is 658 g/mol. The number of ether oxygens (including phenoxy) is 2. The molecule has 1 heterocycles. The van der Waals surface area contributed by atoms with Crippen molar-refractivity contribution in [3.63, 3.8) is 0 Å². The van der Waals surface area contributed by atoms with Crippen molar-refractivity contribution in [2.45, 2.75) is 43.9 Å². The Morgan fingerprint density at radius 2 is 1.68 bits per heavy atom. The summed E-state index contributed by atoms with van der Waals surface area (Å²) in [5, 5.41) is 9.98. The molecule has 248 valence electrons. The van der Waals surface area contributed by atoms with E-state index in [1.807, 2.05) is 32.2 Å². The largest absolute Gasteiger partial charge is 0.497 e. The van der Waals surface area contributed by atoms with Gasteiger partial charge < -0.3 is 19.5 Å². The van der Waals surface area contributed by atoms with Gasteiger partial charge in [-0.2, -0.15) is 0 Å². The number of aliphatic hydroxyl groups is 1. The zero-order valence-electron chi connectivity index (χ0n) is 27.3. The minimum atomic E-state index is -3.90. The fourth-order valence-corrected chi connectivity index (χ4v) is 6.85. The number of sulfonamides is 1. The van der Waals surface area contributed by atoms with Crippen LogP contribution >= 0.6 is 0 Å². The van der Waals surface area contributed by atoms with Gasteiger partial charge in [-0.1, -0.05) is 61.5 Å². The Balaban J connectivity index is 1.37. The van der Waals surface area contributed by atoms with Crippen molar-refractivity contribution in [3.05, 3.63) is 108 Å². The van der Waals surface area contributed by atoms with Crippen molar-refractivity contribution < 1.29 is 27.8 Å². The van der Waals surface area contributed by atoms with Crippen molar-refractivity contribution in [1.29, 1.82) is 0 Å². The fourth-order valence-electron chi connectivity index (χ4n) is 5.80. The fraction of sp³-hybridized carbons (Fsp3) is 0.324. The van der Waals surface area contributed by atoms with Crippen LogP contribution in [0.4, 0.5) is 5.69 Å². The van der Waals surface area contributed by atoms with Gasteiger partial charge in [0, 0.05) is 36.8 Å². The maximum atomic E-state index is 13.6. The van der Waals surface area contributed by atoms with E-state index in [0.29, 0.717) is 42.4 Å². The number of hydrogen-bond acceptors (Lipinski definition) is 7. The molecule has 0 fully saturated rings. The van der Waals surface area contributed by atoms with E-state index in [9.17, 15) is 18.3 Å². The van der Waals surface area contributed by atoms with Crippen LogP contribution in [0.2, 0.25) is 0 Å². The number of nitrogens with zero attached hydrogens (tertiary/aromatic N) is 2. The third kappa shape index (κ3) is 8.51. The molecule has 10 heteroatoms. The molecule has 3 atom stereocenters. The van der Waals surface area contributed by atoms with Gasteiger partial charge in [-0.15, -0.1) is 0 Å². The molecule has 1 aliphatic heterocycles. The number of nitrogens with one attached hydrogen (secondary N) is 1. The molecule has 0 aromatic heterocycles. The van der Waals surface area contributed by atoms with Gasteiger partial charge in [-0.3, -0.25) is 14.4 Å². The number of carbonyl (C=O) groups is 1. The van der Waals surface area contributed by atoms with Gasteiger partial charge in [0.1, 0.15) is 17.6 Å². The standard InChI is InChI=1S/C37H43N3O6S/c1-26-22-40(27(2)25-41)37(42)21-31-20-32(38-47(43,44)34-17-15-33(45-4)16-18-34)14-19-35(31)46-36(26)24-39(3)23-28-10-12-30(13-11-28)29-8-6-5-7-9-29/h5-20,26-27,36,38,41H,21-25H2,1-4H3/t26-,27+,36-/m1/s1. The minimum absolute atomic E-state index is 0.000813. The summed E-state index contributed by atoms with van der Waals surface area (Å²) in [6.45, 7) is 5.41. The lowest BCUT2D eigenvalue weighted by atomic mass is 10.0. The molecule has 1 aliphatic rings. The van der Waals surface area contributed by atoms with E-state index >= 15 is 0 Å². The van der Waals surface area contributed by atoms with E-state index in [2.05, 4.69) is 52.9 Å². The van der Waals surface area contributed by atoms with E-state index < -0.39 is 10.0 Å². The zero-order chi connectivity index (χ0) is 33.6. The Hall–Kier alpha value is -4.38. The van der Waals surface area contributed by atoms with Gasteiger partial charge >= 0.3 is 0 Å². The maximum Gasteiger partial charge on any atom is 0.261 e. The quantitative estimate of drug-likeness (QED) is 0.221. The smallest absolute Gasteiger partial charge is 0.261 e. The molecule has 0 saturated heterocycles. The molecular weight excluding hydrogens is 614 g/mol. The Bertz CT molecular complexity index is 1750. The summed E-state index contributed by atoms with van der Waals surface area (Å²) in [4.78, 5) is 17.6. The number of likely N-dealkylation sites (N-methyl/N-ethyl adjacent to an activating group) is 1. The topological polar surface area (TPSA) is 108 Å². The van der Waals surface area contributed by atoms with Crippen LogP contribution in [0.1, 0.15) is 25.0 Å². The monoisotopic (exact) mass is 657 g/mol. The molecule has 9 nitrogen and oxygen atoms in total. The number of fused-ring (bicyclic) bond motifs is 1. The van der Waals surface area contributed by atoms with Gasteiger partial charge in [0.05, 0.1) is 31.1 Å². The molecule has 0 radical (unpaired) electrons. The molecule has 47 heavy (non-hydrogen) atoms. The van der Waals surface area contributed by atoms with E-state index in [4.69, 9.17) is 9.47 Å². The third-order valence-corrected chi connectivity index (χ3v) is 9.94. The van der Waals surface area contributed by atoms with Crippen LogP contribution < -0.4 is 14.2 Å². The molecule has 0 aliphatic carbocycles. The van der Waals surface area contributed by atoms with Crippen molar-refractivity contribution in [3.8, 4) is 22.6 Å². The lowest BCUT2D eigenvalue weighted by molar-refractivity contribution is -0.134. The van der Waals surface area contributed by atoms with Crippen LogP contribution in [0.5, 0.6) is 11.5 Å². The van der Waals surface area contributed by atoms with Gasteiger partial charge in [0.15, 0.2) is 0 Å². The first-order valence-electron chi connectivity index (χ1n) is 15.8. The Morgan fingerprint density at radius 3 is 2.34 bits per heavy atom. The van der Waals surface area contributed by atoms with Gasteiger partial charge in [0.25, 0.3) is 10.0 Å². The highest BCUT2D eigenvalue weighted by Crippen LogP contribution is 2.30. The predicted molar refractivity (Wildman–Crippen MR) is 184 cm³/mol. The van der Waals surface area contributed by atoms with Gasteiger partial charge in [-0.05, 0) is 73.1 Å². The summed E-state index contributed by atoms with van der Waals surface area (Å²) in [6, 6.07) is 29.6. The van der Waals surface area contributed by atoms with E-state index in [-0.39, 0.29) is 41.9 Å². The molecule has 4 aromatic carbocycles. The zero-order valence-corrected chi connectivity index (χ0v) is 28.1. The van der Waals surface area contributed by atoms with Crippen molar-refractivity contribution >= 4 is 21.6 Å². The second-order valence-corrected chi connectivity index (χ2v) is 13.9. The number of benzene rings is 4.